The minimum atomic E-state index is -3.62. The van der Waals surface area contributed by atoms with Gasteiger partial charge in [-0.1, -0.05) is 11.6 Å². The molecule has 2 rings (SSSR count). The predicted molar refractivity (Wildman–Crippen MR) is 84.4 cm³/mol. The molecule has 0 unspecified atom stereocenters. The molecule has 2 aromatic rings. The molecule has 2 N–H and O–H groups in total. The summed E-state index contributed by atoms with van der Waals surface area (Å²) in [6, 6.07) is 1.39. The predicted octanol–water partition coefficient (Wildman–Crippen LogP) is 2.14. The van der Waals surface area contributed by atoms with E-state index in [4.69, 9.17) is 11.6 Å². The standard InChI is InChI=1S/C12H15ClN4O2S2/c1-2-14-12-11(13)5-10(6-15-12)21(18,19)17-4-3-9-7-20-8-16-9/h5-8,17H,2-4H2,1H3,(H,14,15). The van der Waals surface area contributed by atoms with Crippen LogP contribution in [0.15, 0.2) is 28.0 Å². The van der Waals surface area contributed by atoms with E-state index in [9.17, 15) is 8.42 Å². The lowest BCUT2D eigenvalue weighted by Crippen LogP contribution is -2.26. The highest BCUT2D eigenvalue weighted by atomic mass is 35.5. The van der Waals surface area contributed by atoms with Crippen molar-refractivity contribution in [2.45, 2.75) is 18.2 Å². The van der Waals surface area contributed by atoms with Gasteiger partial charge in [0.25, 0.3) is 0 Å². The third-order valence-corrected chi connectivity index (χ3v) is 4.98. The normalized spacial score (nSPS) is 11.5. The number of halogens is 1. The molecule has 0 atom stereocenters. The second-order valence-electron chi connectivity index (χ2n) is 4.16. The average molecular weight is 347 g/mol. The van der Waals surface area contributed by atoms with Gasteiger partial charge in [-0.3, -0.25) is 0 Å². The second kappa shape index (κ2) is 7.17. The number of hydrogen-bond donors (Lipinski definition) is 2. The highest BCUT2D eigenvalue weighted by Crippen LogP contribution is 2.22. The number of pyridine rings is 1. The van der Waals surface area contributed by atoms with E-state index in [0.29, 0.717) is 18.8 Å². The van der Waals surface area contributed by atoms with Gasteiger partial charge in [-0.15, -0.1) is 11.3 Å². The molecule has 0 spiro atoms. The van der Waals surface area contributed by atoms with Crippen molar-refractivity contribution >= 4 is 38.8 Å². The maximum absolute atomic E-state index is 12.1. The smallest absolute Gasteiger partial charge is 0.242 e. The maximum atomic E-state index is 12.1. The van der Waals surface area contributed by atoms with Gasteiger partial charge in [0.15, 0.2) is 0 Å². The van der Waals surface area contributed by atoms with Gasteiger partial charge in [0.1, 0.15) is 10.7 Å². The number of thiazole rings is 1. The molecule has 0 aromatic carbocycles. The first-order valence-electron chi connectivity index (χ1n) is 6.29. The Hall–Kier alpha value is -1.22. The van der Waals surface area contributed by atoms with Gasteiger partial charge in [-0.25, -0.2) is 23.1 Å². The summed E-state index contributed by atoms with van der Waals surface area (Å²) in [6.45, 7) is 2.84. The van der Waals surface area contributed by atoms with Crippen LogP contribution in [0.1, 0.15) is 12.6 Å². The average Bonchev–Trinajstić information content (AvgIpc) is 2.94. The van der Waals surface area contributed by atoms with Gasteiger partial charge in [-0.2, -0.15) is 0 Å². The molecule has 114 valence electrons. The van der Waals surface area contributed by atoms with Crippen LogP contribution in [0.5, 0.6) is 0 Å². The number of rotatable bonds is 7. The first-order chi connectivity index (χ1) is 10.0. The molecular formula is C12H15ClN4O2S2. The molecule has 0 aliphatic heterocycles. The van der Waals surface area contributed by atoms with Crippen molar-refractivity contribution < 1.29 is 8.42 Å². The second-order valence-corrected chi connectivity index (χ2v) is 7.05. The van der Waals surface area contributed by atoms with E-state index in [-0.39, 0.29) is 16.5 Å². The zero-order valence-corrected chi connectivity index (χ0v) is 13.7. The summed E-state index contributed by atoms with van der Waals surface area (Å²) < 4.78 is 26.8. The topological polar surface area (TPSA) is 84.0 Å². The van der Waals surface area contributed by atoms with E-state index in [1.807, 2.05) is 12.3 Å². The number of hydrogen-bond acceptors (Lipinski definition) is 6. The highest BCUT2D eigenvalue weighted by Gasteiger charge is 2.16. The summed E-state index contributed by atoms with van der Waals surface area (Å²) in [6.07, 6.45) is 1.83. The van der Waals surface area contributed by atoms with Gasteiger partial charge in [0.2, 0.25) is 10.0 Å². The molecule has 0 fully saturated rings. The summed E-state index contributed by atoms with van der Waals surface area (Å²) in [5.41, 5.74) is 2.58. The molecule has 9 heteroatoms. The fourth-order valence-electron chi connectivity index (χ4n) is 1.62. The van der Waals surface area contributed by atoms with E-state index in [1.54, 1.807) is 5.51 Å². The first-order valence-corrected chi connectivity index (χ1v) is 9.09. The highest BCUT2D eigenvalue weighted by molar-refractivity contribution is 7.89. The molecule has 2 aromatic heterocycles. The van der Waals surface area contributed by atoms with E-state index >= 15 is 0 Å². The van der Waals surface area contributed by atoms with Crippen LogP contribution in [0, 0.1) is 0 Å². The van der Waals surface area contributed by atoms with Crippen LogP contribution in [0.2, 0.25) is 5.02 Å². The minimum Gasteiger partial charge on any atom is -0.369 e. The van der Waals surface area contributed by atoms with Crippen molar-refractivity contribution in [3.63, 3.8) is 0 Å². The molecule has 0 radical (unpaired) electrons. The quantitative estimate of drug-likeness (QED) is 0.802. The molecule has 6 nitrogen and oxygen atoms in total. The third-order valence-electron chi connectivity index (χ3n) is 2.63. The number of sulfonamides is 1. The maximum Gasteiger partial charge on any atom is 0.242 e. The van der Waals surface area contributed by atoms with Crippen LogP contribution in [-0.4, -0.2) is 31.5 Å². The lowest BCUT2D eigenvalue weighted by molar-refractivity contribution is 0.581. The van der Waals surface area contributed by atoms with Gasteiger partial charge in [-0.05, 0) is 13.0 Å². The fraction of sp³-hybridized carbons (Fsp3) is 0.333. The van der Waals surface area contributed by atoms with Crippen molar-refractivity contribution in [3.05, 3.63) is 33.9 Å². The van der Waals surface area contributed by atoms with Crippen molar-refractivity contribution in [1.82, 2.24) is 14.7 Å². The molecule has 0 aliphatic rings. The van der Waals surface area contributed by atoms with E-state index in [1.165, 1.54) is 23.6 Å². The summed E-state index contributed by atoms with van der Waals surface area (Å²) in [5.74, 6) is 0.473. The monoisotopic (exact) mass is 346 g/mol. The first kappa shape index (κ1) is 16.2. The van der Waals surface area contributed by atoms with E-state index in [0.717, 1.165) is 5.69 Å². The van der Waals surface area contributed by atoms with Crippen LogP contribution in [0.25, 0.3) is 0 Å². The molecule has 0 saturated heterocycles. The summed E-state index contributed by atoms with van der Waals surface area (Å²) in [5, 5.41) is 5.11. The van der Waals surface area contributed by atoms with Crippen molar-refractivity contribution in [2.75, 3.05) is 18.4 Å². The molecular weight excluding hydrogens is 332 g/mol. The van der Waals surface area contributed by atoms with Crippen molar-refractivity contribution in [1.29, 1.82) is 0 Å². The Bertz CT molecular complexity index is 689. The molecule has 0 aliphatic carbocycles. The van der Waals surface area contributed by atoms with Crippen LogP contribution in [0.4, 0.5) is 5.82 Å². The zero-order chi connectivity index (χ0) is 15.3. The van der Waals surface area contributed by atoms with Gasteiger partial charge >= 0.3 is 0 Å². The Balaban J connectivity index is 2.03. The lowest BCUT2D eigenvalue weighted by atomic mass is 10.3. The van der Waals surface area contributed by atoms with Crippen LogP contribution in [0.3, 0.4) is 0 Å². The Kier molecular flexibility index (Phi) is 5.51. The molecule has 0 amide bonds. The molecule has 0 bridgehead atoms. The molecule has 21 heavy (non-hydrogen) atoms. The fourth-order valence-corrected chi connectivity index (χ4v) is 3.52. The van der Waals surface area contributed by atoms with E-state index in [2.05, 4.69) is 20.0 Å². The minimum absolute atomic E-state index is 0.0485. The third kappa shape index (κ3) is 4.37. The Labute approximate surface area is 132 Å². The van der Waals surface area contributed by atoms with Gasteiger partial charge in [0.05, 0.1) is 16.2 Å². The zero-order valence-electron chi connectivity index (χ0n) is 11.3. The number of aromatic nitrogens is 2. The number of nitrogens with one attached hydrogen (secondary N) is 2. The Morgan fingerprint density at radius 2 is 2.19 bits per heavy atom. The number of anilines is 1. The summed E-state index contributed by atoms with van der Waals surface area (Å²) in [4.78, 5) is 8.16. The Morgan fingerprint density at radius 3 is 2.81 bits per heavy atom. The van der Waals surface area contributed by atoms with Crippen molar-refractivity contribution in [3.8, 4) is 0 Å². The van der Waals surface area contributed by atoms with Crippen molar-refractivity contribution in [2.24, 2.45) is 0 Å². The lowest BCUT2D eigenvalue weighted by Gasteiger charge is -2.09. The number of nitrogens with zero attached hydrogens (tertiary/aromatic N) is 2. The van der Waals surface area contributed by atoms with Gasteiger partial charge < -0.3 is 5.32 Å². The SMILES string of the molecule is CCNc1ncc(S(=O)(=O)NCCc2cscn2)cc1Cl. The largest absolute Gasteiger partial charge is 0.369 e. The van der Waals surface area contributed by atoms with Crippen LogP contribution in [-0.2, 0) is 16.4 Å². The summed E-state index contributed by atoms with van der Waals surface area (Å²) >= 11 is 7.48. The van der Waals surface area contributed by atoms with Crippen LogP contribution < -0.4 is 10.0 Å². The molecule has 2 heterocycles. The Morgan fingerprint density at radius 1 is 1.38 bits per heavy atom. The molecule has 0 saturated carbocycles. The van der Waals surface area contributed by atoms with Crippen LogP contribution >= 0.6 is 22.9 Å². The van der Waals surface area contributed by atoms with Gasteiger partial charge in [0, 0.05) is 31.1 Å². The van der Waals surface area contributed by atoms with E-state index < -0.39 is 10.0 Å². The summed E-state index contributed by atoms with van der Waals surface area (Å²) in [7, 11) is -3.62.